The van der Waals surface area contributed by atoms with Gasteiger partial charge >= 0.3 is 17.9 Å². The number of nitrogens with one attached hydrogen (secondary N) is 1. The van der Waals surface area contributed by atoms with E-state index in [0.717, 1.165) is 0 Å². The Kier molecular flexibility index (Phi) is 9.87. The van der Waals surface area contributed by atoms with Crippen molar-refractivity contribution in [3.05, 3.63) is 82.3 Å². The molecule has 0 fully saturated rings. The summed E-state index contributed by atoms with van der Waals surface area (Å²) < 4.78 is 26.5. The fourth-order valence-electron chi connectivity index (χ4n) is 3.34. The number of hydrogen-bond donors (Lipinski definition) is 2. The summed E-state index contributed by atoms with van der Waals surface area (Å²) in [4.78, 5) is 51.5. The van der Waals surface area contributed by atoms with Crippen molar-refractivity contribution >= 4 is 45.4 Å². The molecule has 0 spiro atoms. The van der Waals surface area contributed by atoms with Crippen LogP contribution >= 0.6 is 15.9 Å². The van der Waals surface area contributed by atoms with E-state index in [0.29, 0.717) is 16.0 Å². The van der Waals surface area contributed by atoms with E-state index in [-0.39, 0.29) is 22.6 Å². The van der Waals surface area contributed by atoms with Crippen LogP contribution in [0.5, 0.6) is 17.2 Å². The number of rotatable bonds is 11. The summed E-state index contributed by atoms with van der Waals surface area (Å²) in [7, 11) is 4.15. The van der Waals surface area contributed by atoms with Crippen LogP contribution in [0.1, 0.15) is 20.7 Å². The summed E-state index contributed by atoms with van der Waals surface area (Å²) in [5, 5.41) is 12.4. The van der Waals surface area contributed by atoms with E-state index in [1.807, 2.05) is 0 Å². The highest BCUT2D eigenvalue weighted by molar-refractivity contribution is 9.10. The van der Waals surface area contributed by atoms with Crippen LogP contribution in [0.3, 0.4) is 0 Å². The molecule has 0 unspecified atom stereocenters. The zero-order chi connectivity index (χ0) is 28.5. The van der Waals surface area contributed by atoms with Gasteiger partial charge < -0.3 is 34.1 Å². The Hall–Kier alpha value is -4.58. The third-order valence-electron chi connectivity index (χ3n) is 5.28. The molecule has 0 radical (unpaired) electrons. The Balaban J connectivity index is 1.97. The van der Waals surface area contributed by atoms with Crippen molar-refractivity contribution in [2.24, 2.45) is 0 Å². The van der Waals surface area contributed by atoms with E-state index < -0.39 is 36.0 Å². The number of aliphatic carboxylic acids is 1. The smallest absolute Gasteiger partial charge is 0.349 e. The number of esters is 2. The third-order valence-corrected chi connectivity index (χ3v) is 5.77. The first-order valence-electron chi connectivity index (χ1n) is 11.2. The number of carboxylic acids is 1. The maximum atomic E-state index is 13.4. The highest BCUT2D eigenvalue weighted by Gasteiger charge is 2.41. The summed E-state index contributed by atoms with van der Waals surface area (Å²) in [5.74, 6) is -4.08. The molecular formula is C27H24BrNO10. The molecule has 12 heteroatoms. The van der Waals surface area contributed by atoms with Gasteiger partial charge in [0.1, 0.15) is 17.2 Å². The molecule has 0 aliphatic heterocycles. The Morgan fingerprint density at radius 3 is 1.77 bits per heavy atom. The second-order valence-electron chi connectivity index (χ2n) is 7.79. The van der Waals surface area contributed by atoms with Crippen LogP contribution < -0.4 is 19.5 Å². The van der Waals surface area contributed by atoms with Crippen LogP contribution in [0.15, 0.2) is 71.2 Å². The Morgan fingerprint density at radius 2 is 1.28 bits per heavy atom. The predicted octanol–water partition coefficient (Wildman–Crippen LogP) is 3.95. The second-order valence-corrected chi connectivity index (χ2v) is 8.70. The van der Waals surface area contributed by atoms with Crippen molar-refractivity contribution in [2.75, 3.05) is 26.6 Å². The van der Waals surface area contributed by atoms with Gasteiger partial charge in [0.25, 0.3) is 5.91 Å². The summed E-state index contributed by atoms with van der Waals surface area (Å²) >= 11 is 3.28. The molecule has 0 saturated heterocycles. The molecule has 0 bridgehead atoms. The quantitative estimate of drug-likeness (QED) is 0.309. The fraction of sp³-hybridized carbons (Fsp3) is 0.185. The monoisotopic (exact) mass is 601 g/mol. The average Bonchev–Trinajstić information content (AvgIpc) is 2.94. The molecule has 3 aromatic rings. The molecule has 1 amide bonds. The molecule has 0 heterocycles. The highest BCUT2D eigenvalue weighted by Crippen LogP contribution is 2.29. The normalized spacial score (nSPS) is 11.9. The lowest BCUT2D eigenvalue weighted by Gasteiger charge is -2.24. The van der Waals surface area contributed by atoms with Crippen LogP contribution in [0.25, 0.3) is 0 Å². The highest BCUT2D eigenvalue weighted by atomic mass is 79.9. The number of anilines is 1. The molecule has 2 N–H and O–H groups in total. The predicted molar refractivity (Wildman–Crippen MR) is 141 cm³/mol. The SMILES string of the molecule is COc1cccc(C(=O)O[C@H](C(=O)O)[C@H](OC(=O)c2cccc(OC)c2)C(=O)Nc2cc(Br)ccc2OC)c1. The van der Waals surface area contributed by atoms with Crippen LogP contribution in [0.4, 0.5) is 5.69 Å². The van der Waals surface area contributed by atoms with Crippen LogP contribution in [0, 0.1) is 0 Å². The molecule has 0 aromatic heterocycles. The van der Waals surface area contributed by atoms with E-state index in [4.69, 9.17) is 23.7 Å². The van der Waals surface area contributed by atoms with Crippen molar-refractivity contribution in [1.82, 2.24) is 0 Å². The van der Waals surface area contributed by atoms with Gasteiger partial charge in [-0.05, 0) is 54.6 Å². The lowest BCUT2D eigenvalue weighted by atomic mass is 10.1. The number of ether oxygens (including phenoxy) is 5. The Bertz CT molecular complexity index is 1380. The van der Waals surface area contributed by atoms with Crippen LogP contribution in [-0.2, 0) is 19.1 Å². The minimum absolute atomic E-state index is 0.0320. The summed E-state index contributed by atoms with van der Waals surface area (Å²) in [6, 6.07) is 16.3. The van der Waals surface area contributed by atoms with E-state index >= 15 is 0 Å². The number of amides is 1. The number of benzene rings is 3. The molecule has 0 aliphatic carbocycles. The number of hydrogen-bond acceptors (Lipinski definition) is 9. The third kappa shape index (κ3) is 7.48. The molecule has 39 heavy (non-hydrogen) atoms. The minimum atomic E-state index is -2.23. The van der Waals surface area contributed by atoms with Gasteiger partial charge in [-0.15, -0.1) is 0 Å². The number of carbonyl (C=O) groups excluding carboxylic acids is 3. The first-order valence-corrected chi connectivity index (χ1v) is 12.0. The minimum Gasteiger partial charge on any atom is -0.497 e. The van der Waals surface area contributed by atoms with Gasteiger partial charge in [0.2, 0.25) is 12.2 Å². The molecule has 11 nitrogen and oxygen atoms in total. The van der Waals surface area contributed by atoms with E-state index in [1.165, 1.54) is 63.8 Å². The maximum Gasteiger partial charge on any atom is 0.349 e. The van der Waals surface area contributed by atoms with Crippen molar-refractivity contribution in [3.63, 3.8) is 0 Å². The molecule has 2 atom stereocenters. The standard InChI is InChI=1S/C27H24BrNO10/c1-35-18-8-4-6-15(12-18)26(33)38-22(24(30)29-20-14-17(28)10-11-21(20)37-3)23(25(31)32)39-27(34)16-7-5-9-19(13-16)36-2/h4-14,22-23H,1-3H3,(H,29,30)(H,31,32)/t22-,23-/m0/s1. The van der Waals surface area contributed by atoms with Gasteiger partial charge in [-0.3, -0.25) is 4.79 Å². The van der Waals surface area contributed by atoms with E-state index in [2.05, 4.69) is 21.2 Å². The fourth-order valence-corrected chi connectivity index (χ4v) is 3.70. The molecule has 3 rings (SSSR count). The van der Waals surface area contributed by atoms with Gasteiger partial charge in [0.15, 0.2) is 0 Å². The second kappa shape index (κ2) is 13.3. The first-order chi connectivity index (χ1) is 18.7. The Morgan fingerprint density at radius 1 is 0.744 bits per heavy atom. The summed E-state index contributed by atoms with van der Waals surface area (Å²) in [6.45, 7) is 0. The lowest BCUT2D eigenvalue weighted by molar-refractivity contribution is -0.157. The van der Waals surface area contributed by atoms with Crippen molar-refractivity contribution in [3.8, 4) is 17.2 Å². The molecule has 204 valence electrons. The van der Waals surface area contributed by atoms with Gasteiger partial charge in [-0.1, -0.05) is 28.1 Å². The maximum absolute atomic E-state index is 13.4. The van der Waals surface area contributed by atoms with Crippen molar-refractivity contribution in [2.45, 2.75) is 12.2 Å². The van der Waals surface area contributed by atoms with E-state index in [9.17, 15) is 24.3 Å². The zero-order valence-electron chi connectivity index (χ0n) is 21.0. The van der Waals surface area contributed by atoms with Crippen molar-refractivity contribution < 1.29 is 48.0 Å². The zero-order valence-corrected chi connectivity index (χ0v) is 22.6. The molecule has 3 aromatic carbocycles. The van der Waals surface area contributed by atoms with Crippen LogP contribution in [-0.4, -0.2) is 62.5 Å². The topological polar surface area (TPSA) is 147 Å². The van der Waals surface area contributed by atoms with E-state index in [1.54, 1.807) is 24.3 Å². The van der Waals surface area contributed by atoms with Crippen molar-refractivity contribution in [1.29, 1.82) is 0 Å². The van der Waals surface area contributed by atoms with Gasteiger partial charge in [-0.25, -0.2) is 14.4 Å². The Labute approximate surface area is 231 Å². The number of methoxy groups -OCH3 is 3. The number of carboxylic acid groups (broad SMARTS) is 1. The van der Waals surface area contributed by atoms with Crippen LogP contribution in [0.2, 0.25) is 0 Å². The largest absolute Gasteiger partial charge is 0.497 e. The van der Waals surface area contributed by atoms with Gasteiger partial charge in [0.05, 0.1) is 38.1 Å². The first kappa shape index (κ1) is 29.0. The van der Waals surface area contributed by atoms with Gasteiger partial charge in [-0.2, -0.15) is 0 Å². The molecule has 0 aliphatic rings. The lowest BCUT2D eigenvalue weighted by Crippen LogP contribution is -2.48. The summed E-state index contributed by atoms with van der Waals surface area (Å²) in [6.07, 6.45) is -4.34. The molecule has 0 saturated carbocycles. The number of halogens is 1. The summed E-state index contributed by atoms with van der Waals surface area (Å²) in [5.41, 5.74) is 0.0607. The average molecular weight is 602 g/mol. The number of carbonyl (C=O) groups is 4. The van der Waals surface area contributed by atoms with Gasteiger partial charge in [0, 0.05) is 4.47 Å². The molecular weight excluding hydrogens is 578 g/mol.